The lowest BCUT2D eigenvalue weighted by Crippen LogP contribution is -2.49. The number of aliphatic hydroxyl groups excluding tert-OH is 2. The summed E-state index contributed by atoms with van der Waals surface area (Å²) in [7, 11) is 2.21. The molecule has 0 rings (SSSR count). The Bertz CT molecular complexity index is 557. The van der Waals surface area contributed by atoms with Crippen molar-refractivity contribution < 1.29 is 44.3 Å². The topological polar surface area (TPSA) is 180 Å². The van der Waals surface area contributed by atoms with Crippen molar-refractivity contribution >= 4 is 39.4 Å². The second kappa shape index (κ2) is 18.3. The molecular formula is C19H36N2O9S2. The van der Waals surface area contributed by atoms with Crippen molar-refractivity contribution in [2.24, 2.45) is 5.73 Å². The molecule has 4 atom stereocenters. The number of hydrogen-bond acceptors (Lipinski definition) is 10. The monoisotopic (exact) mass is 500 g/mol. The lowest BCUT2D eigenvalue weighted by atomic mass is 10.2. The number of rotatable bonds is 20. The zero-order chi connectivity index (χ0) is 24.5. The third-order valence-corrected chi connectivity index (χ3v) is 6.70. The molecule has 0 heterocycles. The molecule has 0 bridgehead atoms. The number of aliphatic hydroxyl groups is 2. The molecule has 0 aliphatic rings. The molecule has 0 radical (unpaired) electrons. The van der Waals surface area contributed by atoms with Gasteiger partial charge in [0.1, 0.15) is 12.1 Å². The Balaban J connectivity index is 4.31. The SMILES string of the molecule is CCC(O)COCCCCOCC(O)CN(C(C)=O)C(CSSCC(N)C(=O)O)C(=O)O. The summed E-state index contributed by atoms with van der Waals surface area (Å²) in [6, 6.07) is -2.25. The zero-order valence-corrected chi connectivity index (χ0v) is 20.2. The normalized spacial score (nSPS) is 15.0. The number of nitrogens with zero attached hydrogens (tertiary/aromatic N) is 1. The van der Waals surface area contributed by atoms with Crippen molar-refractivity contribution in [2.75, 3.05) is 44.5 Å². The Kier molecular flexibility index (Phi) is 17.7. The molecule has 1 amide bonds. The van der Waals surface area contributed by atoms with Crippen molar-refractivity contribution in [1.29, 1.82) is 0 Å². The van der Waals surface area contributed by atoms with Crippen molar-refractivity contribution in [3.63, 3.8) is 0 Å². The van der Waals surface area contributed by atoms with E-state index >= 15 is 0 Å². The molecule has 0 aromatic heterocycles. The molecule has 11 nitrogen and oxygen atoms in total. The van der Waals surface area contributed by atoms with Crippen LogP contribution in [0.25, 0.3) is 0 Å². The third-order valence-electron chi connectivity index (χ3n) is 4.27. The largest absolute Gasteiger partial charge is 0.480 e. The molecule has 0 aliphatic carbocycles. The first-order valence-corrected chi connectivity index (χ1v) is 12.8. The van der Waals surface area contributed by atoms with Gasteiger partial charge in [0.2, 0.25) is 5.91 Å². The number of carboxylic acids is 2. The number of ether oxygens (including phenoxy) is 2. The minimum Gasteiger partial charge on any atom is -0.480 e. The highest BCUT2D eigenvalue weighted by Crippen LogP contribution is 2.24. The second-order valence-corrected chi connectivity index (χ2v) is 9.66. The average molecular weight is 501 g/mol. The number of carboxylic acid groups (broad SMARTS) is 2. The highest BCUT2D eigenvalue weighted by molar-refractivity contribution is 8.76. The standard InChI is InChI=1S/C19H36N2O9S2/c1-3-14(23)9-29-6-4-5-7-30-10-15(24)8-21(13(2)22)17(19(27)28)12-32-31-11-16(20)18(25)26/h14-17,23-24H,3-12,20H2,1-2H3,(H,25,26)(H,27,28). The maximum Gasteiger partial charge on any atom is 0.327 e. The van der Waals surface area contributed by atoms with Gasteiger partial charge < -0.3 is 40.5 Å². The van der Waals surface area contributed by atoms with E-state index in [2.05, 4.69) is 0 Å². The van der Waals surface area contributed by atoms with Gasteiger partial charge in [-0.15, -0.1) is 0 Å². The van der Waals surface area contributed by atoms with E-state index in [0.717, 1.165) is 32.9 Å². The first kappa shape index (κ1) is 30.9. The molecule has 32 heavy (non-hydrogen) atoms. The van der Waals surface area contributed by atoms with Crippen LogP contribution in [0.1, 0.15) is 33.1 Å². The summed E-state index contributed by atoms with van der Waals surface area (Å²) in [4.78, 5) is 35.4. The van der Waals surface area contributed by atoms with Crippen LogP contribution in [-0.2, 0) is 23.9 Å². The van der Waals surface area contributed by atoms with E-state index < -0.39 is 42.1 Å². The van der Waals surface area contributed by atoms with Gasteiger partial charge in [-0.3, -0.25) is 9.59 Å². The summed E-state index contributed by atoms with van der Waals surface area (Å²) < 4.78 is 10.7. The number of hydrogen-bond donors (Lipinski definition) is 5. The van der Waals surface area contributed by atoms with Crippen LogP contribution in [0.3, 0.4) is 0 Å². The van der Waals surface area contributed by atoms with Crippen LogP contribution in [-0.4, -0.2) is 112 Å². The Morgan fingerprint density at radius 2 is 1.47 bits per heavy atom. The fourth-order valence-electron chi connectivity index (χ4n) is 2.32. The molecule has 0 aromatic carbocycles. The van der Waals surface area contributed by atoms with Gasteiger partial charge in [-0.2, -0.15) is 0 Å². The minimum absolute atomic E-state index is 0.00618. The van der Waals surface area contributed by atoms with Crippen LogP contribution in [0, 0.1) is 0 Å². The number of carbonyl (C=O) groups excluding carboxylic acids is 1. The number of carbonyl (C=O) groups is 3. The minimum atomic E-state index is -1.22. The second-order valence-electron chi connectivity index (χ2n) is 7.11. The number of nitrogens with two attached hydrogens (primary N) is 1. The third kappa shape index (κ3) is 14.9. The van der Waals surface area contributed by atoms with Crippen molar-refractivity contribution in [1.82, 2.24) is 4.90 Å². The van der Waals surface area contributed by atoms with Crippen LogP contribution < -0.4 is 5.73 Å². The van der Waals surface area contributed by atoms with Crippen LogP contribution >= 0.6 is 21.6 Å². The van der Waals surface area contributed by atoms with Gasteiger partial charge in [0.15, 0.2) is 0 Å². The first-order valence-electron chi connectivity index (χ1n) is 10.3. The molecule has 0 saturated heterocycles. The van der Waals surface area contributed by atoms with E-state index in [-0.39, 0.29) is 24.7 Å². The lowest BCUT2D eigenvalue weighted by molar-refractivity contribution is -0.149. The van der Waals surface area contributed by atoms with Crippen molar-refractivity contribution in [2.45, 2.75) is 57.4 Å². The van der Waals surface area contributed by atoms with Crippen molar-refractivity contribution in [3.8, 4) is 0 Å². The van der Waals surface area contributed by atoms with Crippen LogP contribution in [0.5, 0.6) is 0 Å². The summed E-state index contributed by atoms with van der Waals surface area (Å²) in [6.45, 7) is 3.99. The molecule has 0 aliphatic heterocycles. The number of amides is 1. The molecule has 0 spiro atoms. The quantitative estimate of drug-likeness (QED) is 0.112. The highest BCUT2D eigenvalue weighted by atomic mass is 33.1. The predicted molar refractivity (Wildman–Crippen MR) is 123 cm³/mol. The van der Waals surface area contributed by atoms with Gasteiger partial charge >= 0.3 is 11.9 Å². The molecule has 0 fully saturated rings. The van der Waals surface area contributed by atoms with E-state index in [9.17, 15) is 29.7 Å². The van der Waals surface area contributed by atoms with Crippen molar-refractivity contribution in [3.05, 3.63) is 0 Å². The number of unbranched alkanes of at least 4 members (excludes halogenated alkanes) is 1. The summed E-state index contributed by atoms with van der Waals surface area (Å²) in [6.07, 6.45) is 0.537. The summed E-state index contributed by atoms with van der Waals surface area (Å²) in [5.41, 5.74) is 5.40. The van der Waals surface area contributed by atoms with Gasteiger partial charge in [0.05, 0.1) is 25.4 Å². The fourth-order valence-corrected chi connectivity index (χ4v) is 4.66. The molecule has 6 N–H and O–H groups in total. The van der Waals surface area contributed by atoms with Crippen LogP contribution in [0.4, 0.5) is 0 Å². The predicted octanol–water partition coefficient (Wildman–Crippen LogP) is 0.0266. The molecule has 0 aromatic rings. The Hall–Kier alpha value is -1.09. The van der Waals surface area contributed by atoms with E-state index in [1.807, 2.05) is 6.92 Å². The summed E-state index contributed by atoms with van der Waals surface area (Å²) >= 11 is 0. The average Bonchev–Trinajstić information content (AvgIpc) is 2.73. The Morgan fingerprint density at radius 1 is 0.938 bits per heavy atom. The van der Waals surface area contributed by atoms with Gasteiger partial charge in [-0.1, -0.05) is 28.5 Å². The van der Waals surface area contributed by atoms with E-state index in [1.54, 1.807) is 0 Å². The number of aliphatic carboxylic acids is 2. The first-order chi connectivity index (χ1) is 15.1. The maximum absolute atomic E-state index is 12.0. The highest BCUT2D eigenvalue weighted by Gasteiger charge is 2.29. The van der Waals surface area contributed by atoms with Gasteiger partial charge in [-0.05, 0) is 19.3 Å². The van der Waals surface area contributed by atoms with Crippen LogP contribution in [0.2, 0.25) is 0 Å². The van der Waals surface area contributed by atoms with Gasteiger partial charge in [-0.25, -0.2) is 4.79 Å². The molecule has 13 heteroatoms. The lowest BCUT2D eigenvalue weighted by Gasteiger charge is -2.29. The van der Waals surface area contributed by atoms with Gasteiger partial charge in [0.25, 0.3) is 0 Å². The Morgan fingerprint density at radius 3 is 1.94 bits per heavy atom. The summed E-state index contributed by atoms with van der Waals surface area (Å²) in [5.74, 6) is -2.78. The Labute approximate surface area is 196 Å². The maximum atomic E-state index is 12.0. The van der Waals surface area contributed by atoms with Gasteiger partial charge in [0, 0.05) is 38.2 Å². The fraction of sp³-hybridized carbons (Fsp3) is 0.842. The molecule has 4 unspecified atom stereocenters. The smallest absolute Gasteiger partial charge is 0.327 e. The summed E-state index contributed by atoms with van der Waals surface area (Å²) in [5, 5.41) is 37.8. The molecule has 0 saturated carbocycles. The van der Waals surface area contributed by atoms with E-state index in [1.165, 1.54) is 6.92 Å². The zero-order valence-electron chi connectivity index (χ0n) is 18.6. The van der Waals surface area contributed by atoms with Crippen LogP contribution in [0.15, 0.2) is 0 Å². The molecular weight excluding hydrogens is 464 g/mol. The van der Waals surface area contributed by atoms with E-state index in [0.29, 0.717) is 32.7 Å². The van der Waals surface area contributed by atoms with E-state index in [4.69, 9.17) is 20.3 Å². The molecule has 188 valence electrons.